The van der Waals surface area contributed by atoms with Crippen LogP contribution in [-0.2, 0) is 6.42 Å². The van der Waals surface area contributed by atoms with Crippen LogP contribution in [0.15, 0.2) is 12.4 Å². The van der Waals surface area contributed by atoms with Crippen molar-refractivity contribution in [2.45, 2.75) is 19.4 Å². The minimum atomic E-state index is -0.983. The molecule has 0 bridgehead atoms. The molecule has 0 fully saturated rings. The summed E-state index contributed by atoms with van der Waals surface area (Å²) in [6.45, 7) is 2.03. The van der Waals surface area contributed by atoms with Crippen molar-refractivity contribution in [2.24, 2.45) is 0 Å². The predicted octanol–water partition coefficient (Wildman–Crippen LogP) is 0.902. The maximum absolute atomic E-state index is 10.7. The zero-order valence-corrected chi connectivity index (χ0v) is 8.64. The highest BCUT2D eigenvalue weighted by Gasteiger charge is 2.13. The number of aromatic nitrogens is 2. The molecule has 14 heavy (non-hydrogen) atoms. The lowest BCUT2D eigenvalue weighted by molar-refractivity contribution is 0.194. The lowest BCUT2D eigenvalue weighted by atomic mass is 10.2. The second-order valence-electron chi connectivity index (χ2n) is 3.51. The quantitative estimate of drug-likeness (QED) is 0.782. The first-order valence-electron chi connectivity index (χ1n) is 4.44. The van der Waals surface area contributed by atoms with Crippen molar-refractivity contribution in [2.75, 3.05) is 14.1 Å². The molecule has 1 aromatic rings. The molecule has 5 heteroatoms. The summed E-state index contributed by atoms with van der Waals surface area (Å²) in [4.78, 5) is 16.8. The van der Waals surface area contributed by atoms with Gasteiger partial charge in [-0.3, -0.25) is 0 Å². The maximum atomic E-state index is 10.7. The van der Waals surface area contributed by atoms with E-state index in [2.05, 4.69) is 4.98 Å². The fourth-order valence-electron chi connectivity index (χ4n) is 1.11. The van der Waals surface area contributed by atoms with Gasteiger partial charge >= 0.3 is 6.09 Å². The molecule has 0 aromatic carbocycles. The van der Waals surface area contributed by atoms with Gasteiger partial charge in [0.1, 0.15) is 5.82 Å². The monoisotopic (exact) mass is 197 g/mol. The zero-order chi connectivity index (χ0) is 10.7. The molecule has 1 atom stereocenters. The molecule has 0 aliphatic carbocycles. The lowest BCUT2D eigenvalue weighted by Crippen LogP contribution is -2.28. The van der Waals surface area contributed by atoms with Crippen molar-refractivity contribution in [3.63, 3.8) is 0 Å². The van der Waals surface area contributed by atoms with Gasteiger partial charge < -0.3 is 10.0 Å². The van der Waals surface area contributed by atoms with Crippen molar-refractivity contribution in [3.05, 3.63) is 18.2 Å². The van der Waals surface area contributed by atoms with Crippen LogP contribution < -0.4 is 0 Å². The molecule has 1 unspecified atom stereocenters. The number of likely N-dealkylation sites (N-methyl/N-ethyl adjacent to an activating group) is 1. The van der Waals surface area contributed by atoms with Crippen LogP contribution in [0.5, 0.6) is 0 Å². The van der Waals surface area contributed by atoms with Crippen LogP contribution in [-0.4, -0.2) is 45.8 Å². The van der Waals surface area contributed by atoms with E-state index in [1.165, 1.54) is 12.4 Å². The van der Waals surface area contributed by atoms with Gasteiger partial charge in [-0.15, -0.1) is 0 Å². The molecule has 0 radical (unpaired) electrons. The molecule has 0 aliphatic heterocycles. The number of carbonyl (C=O) groups is 1. The Balaban J connectivity index is 2.76. The van der Waals surface area contributed by atoms with Crippen LogP contribution in [0.25, 0.3) is 0 Å². The Morgan fingerprint density at radius 2 is 2.36 bits per heavy atom. The van der Waals surface area contributed by atoms with Gasteiger partial charge in [-0.2, -0.15) is 0 Å². The molecule has 78 valence electrons. The van der Waals surface area contributed by atoms with Gasteiger partial charge in [-0.1, -0.05) is 0 Å². The molecule has 1 rings (SSSR count). The number of hydrogen-bond donors (Lipinski definition) is 1. The molecule has 5 nitrogen and oxygen atoms in total. The average molecular weight is 197 g/mol. The Labute approximate surface area is 83.0 Å². The van der Waals surface area contributed by atoms with E-state index >= 15 is 0 Å². The Hall–Kier alpha value is -1.36. The number of imidazole rings is 1. The fourth-order valence-corrected chi connectivity index (χ4v) is 1.11. The number of carboxylic acid groups (broad SMARTS) is 1. The minimum absolute atomic E-state index is 0.274. The summed E-state index contributed by atoms with van der Waals surface area (Å²) in [7, 11) is 3.91. The van der Waals surface area contributed by atoms with Gasteiger partial charge in [0.25, 0.3) is 0 Å². The van der Waals surface area contributed by atoms with Gasteiger partial charge in [0, 0.05) is 24.9 Å². The molecule has 0 amide bonds. The normalized spacial score (nSPS) is 13.1. The third-order valence-corrected chi connectivity index (χ3v) is 2.28. The van der Waals surface area contributed by atoms with Gasteiger partial charge in [0.05, 0.1) is 0 Å². The standard InChI is InChI=1S/C9H15N3O2/c1-7(11(2)3)6-8-10-4-5-12(8)9(13)14/h4-5,7H,6H2,1-3H3,(H,13,14). The van der Waals surface area contributed by atoms with Crippen molar-refractivity contribution < 1.29 is 9.90 Å². The highest BCUT2D eigenvalue weighted by molar-refractivity contribution is 5.68. The van der Waals surface area contributed by atoms with E-state index < -0.39 is 6.09 Å². The minimum Gasteiger partial charge on any atom is -0.464 e. The van der Waals surface area contributed by atoms with E-state index in [9.17, 15) is 4.79 Å². The van der Waals surface area contributed by atoms with Crippen LogP contribution in [0.4, 0.5) is 4.79 Å². The lowest BCUT2D eigenvalue weighted by Gasteiger charge is -2.18. The Bertz CT molecular complexity index is 320. The summed E-state index contributed by atoms with van der Waals surface area (Å²) in [6, 6.07) is 0.274. The molecule has 0 aliphatic rings. The van der Waals surface area contributed by atoms with E-state index in [1.807, 2.05) is 25.9 Å². The van der Waals surface area contributed by atoms with Crippen molar-refractivity contribution >= 4 is 6.09 Å². The number of rotatable bonds is 3. The SMILES string of the molecule is CC(Cc1nccn1C(=O)O)N(C)C. The van der Waals surface area contributed by atoms with Crippen molar-refractivity contribution in [1.29, 1.82) is 0 Å². The third kappa shape index (κ3) is 2.32. The van der Waals surface area contributed by atoms with Gasteiger partial charge in [0.2, 0.25) is 0 Å². The highest BCUT2D eigenvalue weighted by Crippen LogP contribution is 2.04. The molecular weight excluding hydrogens is 182 g/mol. The third-order valence-electron chi connectivity index (χ3n) is 2.28. The first kappa shape index (κ1) is 10.7. The largest absolute Gasteiger partial charge is 0.464 e. The van der Waals surface area contributed by atoms with Crippen molar-refractivity contribution in [3.8, 4) is 0 Å². The highest BCUT2D eigenvalue weighted by atomic mass is 16.4. The van der Waals surface area contributed by atoms with Crippen LogP contribution >= 0.6 is 0 Å². The average Bonchev–Trinajstić information content (AvgIpc) is 2.52. The molecule has 0 saturated heterocycles. The predicted molar refractivity (Wildman–Crippen MR) is 52.5 cm³/mol. The van der Waals surface area contributed by atoms with Crippen LogP contribution in [0, 0.1) is 0 Å². The molecular formula is C9H15N3O2. The van der Waals surface area contributed by atoms with E-state index in [-0.39, 0.29) is 6.04 Å². The van der Waals surface area contributed by atoms with Crippen molar-refractivity contribution in [1.82, 2.24) is 14.5 Å². The molecule has 0 spiro atoms. The van der Waals surface area contributed by atoms with E-state index in [0.717, 1.165) is 4.57 Å². The zero-order valence-electron chi connectivity index (χ0n) is 8.64. The van der Waals surface area contributed by atoms with Crippen LogP contribution in [0.1, 0.15) is 12.7 Å². The van der Waals surface area contributed by atoms with Gasteiger partial charge in [0.15, 0.2) is 0 Å². The summed E-state index contributed by atoms with van der Waals surface area (Å²) in [5.41, 5.74) is 0. The summed E-state index contributed by atoms with van der Waals surface area (Å²) < 4.78 is 1.15. The first-order chi connectivity index (χ1) is 6.52. The summed E-state index contributed by atoms with van der Waals surface area (Å²) in [5, 5.41) is 8.82. The van der Waals surface area contributed by atoms with Gasteiger partial charge in [-0.25, -0.2) is 14.3 Å². The smallest absolute Gasteiger partial charge is 0.416 e. The van der Waals surface area contributed by atoms with E-state index in [4.69, 9.17) is 5.11 Å². The molecule has 0 saturated carbocycles. The maximum Gasteiger partial charge on any atom is 0.416 e. The van der Waals surface area contributed by atoms with E-state index in [1.54, 1.807) is 0 Å². The Morgan fingerprint density at radius 1 is 1.71 bits per heavy atom. The molecule has 1 N–H and O–H groups in total. The Kier molecular flexibility index (Phi) is 3.24. The fraction of sp³-hybridized carbons (Fsp3) is 0.556. The molecule has 1 heterocycles. The van der Waals surface area contributed by atoms with Gasteiger partial charge in [-0.05, 0) is 21.0 Å². The Morgan fingerprint density at radius 3 is 2.86 bits per heavy atom. The first-order valence-corrected chi connectivity index (χ1v) is 4.44. The second-order valence-corrected chi connectivity index (χ2v) is 3.51. The second kappa shape index (κ2) is 4.23. The number of nitrogens with zero attached hydrogens (tertiary/aromatic N) is 3. The molecule has 1 aromatic heterocycles. The number of hydrogen-bond acceptors (Lipinski definition) is 3. The summed E-state index contributed by atoms with van der Waals surface area (Å²) in [6.07, 6.45) is 2.61. The van der Waals surface area contributed by atoms with Crippen LogP contribution in [0.3, 0.4) is 0 Å². The summed E-state index contributed by atoms with van der Waals surface area (Å²) in [5.74, 6) is 0.582. The summed E-state index contributed by atoms with van der Waals surface area (Å²) >= 11 is 0. The topological polar surface area (TPSA) is 58.4 Å². The van der Waals surface area contributed by atoms with E-state index in [0.29, 0.717) is 12.2 Å². The van der Waals surface area contributed by atoms with Crippen LogP contribution in [0.2, 0.25) is 0 Å².